The largest absolute Gasteiger partial charge is 0.480 e. The Hall–Kier alpha value is -2.67. The summed E-state index contributed by atoms with van der Waals surface area (Å²) < 4.78 is 5.17. The maximum absolute atomic E-state index is 11.9. The summed E-state index contributed by atoms with van der Waals surface area (Å²) in [5.74, 6) is -0.495. The molecule has 2 rings (SSSR count). The molecule has 0 spiro atoms. The van der Waals surface area contributed by atoms with E-state index in [0.717, 1.165) is 5.56 Å². The first-order chi connectivity index (χ1) is 12.5. The minimum absolute atomic E-state index is 0.179. The molecular weight excluding hydrogens is 358 g/mol. The Morgan fingerprint density at radius 2 is 2.08 bits per heavy atom. The standard InChI is InChI=1S/C18H20ClN3O4/c1-2-3-5-14(18(24)25)20-15(23)6-4-7-16-21-17(22-26-16)12-8-10-13(19)11-9-12/h2-3,8-11,14H,4-7H2,1H3,(H,20,23)(H,24,25)/b3-2+. The van der Waals surface area contributed by atoms with E-state index in [0.29, 0.717) is 29.6 Å². The third kappa shape index (κ3) is 6.00. The Morgan fingerprint density at radius 3 is 2.73 bits per heavy atom. The van der Waals surface area contributed by atoms with Crippen molar-refractivity contribution >= 4 is 23.5 Å². The SMILES string of the molecule is C/C=C/CC(NC(=O)CCCc1nc(-c2ccc(Cl)cc2)no1)C(=O)O. The van der Waals surface area contributed by atoms with Gasteiger partial charge in [0.2, 0.25) is 17.6 Å². The fraction of sp³-hybridized carbons (Fsp3) is 0.333. The average molecular weight is 378 g/mol. The van der Waals surface area contributed by atoms with Crippen LogP contribution in [0.5, 0.6) is 0 Å². The molecule has 0 fully saturated rings. The fourth-order valence-electron chi connectivity index (χ4n) is 2.23. The summed E-state index contributed by atoms with van der Waals surface area (Å²) >= 11 is 5.84. The van der Waals surface area contributed by atoms with Crippen molar-refractivity contribution in [2.45, 2.75) is 38.6 Å². The first-order valence-corrected chi connectivity index (χ1v) is 8.59. The number of nitrogens with one attached hydrogen (secondary N) is 1. The molecule has 8 heteroatoms. The van der Waals surface area contributed by atoms with Gasteiger partial charge in [-0.05, 0) is 44.0 Å². The van der Waals surface area contributed by atoms with Crippen LogP contribution in [-0.4, -0.2) is 33.2 Å². The topological polar surface area (TPSA) is 105 Å². The number of halogens is 1. The van der Waals surface area contributed by atoms with E-state index in [9.17, 15) is 9.59 Å². The molecule has 1 atom stereocenters. The Bertz CT molecular complexity index is 771. The number of aromatic nitrogens is 2. The number of rotatable bonds is 9. The normalized spacial score (nSPS) is 12.2. The molecule has 0 aliphatic carbocycles. The third-order valence-corrected chi connectivity index (χ3v) is 3.86. The second-order valence-electron chi connectivity index (χ2n) is 5.64. The Morgan fingerprint density at radius 1 is 1.35 bits per heavy atom. The second kappa shape index (κ2) is 9.72. The minimum Gasteiger partial charge on any atom is -0.480 e. The number of nitrogens with zero attached hydrogens (tertiary/aromatic N) is 2. The van der Waals surface area contributed by atoms with Gasteiger partial charge < -0.3 is 14.9 Å². The highest BCUT2D eigenvalue weighted by Gasteiger charge is 2.18. The van der Waals surface area contributed by atoms with Crippen LogP contribution in [0.2, 0.25) is 5.02 Å². The molecule has 0 aliphatic heterocycles. The van der Waals surface area contributed by atoms with Crippen molar-refractivity contribution in [1.29, 1.82) is 0 Å². The van der Waals surface area contributed by atoms with Crippen LogP contribution < -0.4 is 5.32 Å². The van der Waals surface area contributed by atoms with Crippen LogP contribution in [0.3, 0.4) is 0 Å². The Kier molecular flexibility index (Phi) is 7.35. The lowest BCUT2D eigenvalue weighted by molar-refractivity contribution is -0.141. The smallest absolute Gasteiger partial charge is 0.326 e. The molecule has 0 bridgehead atoms. The van der Waals surface area contributed by atoms with E-state index in [4.69, 9.17) is 21.2 Å². The number of aliphatic carboxylic acids is 1. The number of amides is 1. The van der Waals surface area contributed by atoms with Gasteiger partial charge in [-0.3, -0.25) is 4.79 Å². The van der Waals surface area contributed by atoms with Crippen LogP contribution >= 0.6 is 11.6 Å². The zero-order chi connectivity index (χ0) is 18.9. The summed E-state index contributed by atoms with van der Waals surface area (Å²) in [5, 5.41) is 16.1. The van der Waals surface area contributed by atoms with E-state index in [-0.39, 0.29) is 18.7 Å². The van der Waals surface area contributed by atoms with Gasteiger partial charge in [-0.1, -0.05) is 28.9 Å². The lowest BCUT2D eigenvalue weighted by Gasteiger charge is -2.12. The van der Waals surface area contributed by atoms with Crippen LogP contribution in [0.25, 0.3) is 11.4 Å². The lowest BCUT2D eigenvalue weighted by Crippen LogP contribution is -2.40. The third-order valence-electron chi connectivity index (χ3n) is 3.61. The number of benzene rings is 1. The molecule has 0 saturated carbocycles. The molecule has 0 aliphatic rings. The van der Waals surface area contributed by atoms with Crippen molar-refractivity contribution in [3.63, 3.8) is 0 Å². The number of hydrogen-bond acceptors (Lipinski definition) is 5. The van der Waals surface area contributed by atoms with Crippen molar-refractivity contribution in [1.82, 2.24) is 15.5 Å². The van der Waals surface area contributed by atoms with E-state index in [1.165, 1.54) is 0 Å². The number of hydrogen-bond donors (Lipinski definition) is 2. The van der Waals surface area contributed by atoms with Gasteiger partial charge >= 0.3 is 5.97 Å². The molecule has 2 aromatic rings. The molecular formula is C18H20ClN3O4. The summed E-state index contributed by atoms with van der Waals surface area (Å²) in [6.45, 7) is 1.80. The summed E-state index contributed by atoms with van der Waals surface area (Å²) in [7, 11) is 0. The molecule has 2 N–H and O–H groups in total. The van der Waals surface area contributed by atoms with Crippen LogP contribution in [0, 0.1) is 0 Å². The van der Waals surface area contributed by atoms with Gasteiger partial charge in [-0.25, -0.2) is 4.79 Å². The maximum Gasteiger partial charge on any atom is 0.326 e. The molecule has 7 nitrogen and oxygen atoms in total. The fourth-order valence-corrected chi connectivity index (χ4v) is 2.36. The molecule has 1 unspecified atom stereocenters. The monoisotopic (exact) mass is 377 g/mol. The number of carboxylic acid groups (broad SMARTS) is 1. The summed E-state index contributed by atoms with van der Waals surface area (Å²) in [4.78, 5) is 27.3. The van der Waals surface area contributed by atoms with Crippen LogP contribution in [-0.2, 0) is 16.0 Å². The van der Waals surface area contributed by atoms with Gasteiger partial charge in [-0.15, -0.1) is 0 Å². The predicted molar refractivity (Wildman–Crippen MR) is 96.7 cm³/mol. The second-order valence-corrected chi connectivity index (χ2v) is 6.07. The van der Waals surface area contributed by atoms with E-state index in [2.05, 4.69) is 15.5 Å². The van der Waals surface area contributed by atoms with Gasteiger partial charge in [0.05, 0.1) is 0 Å². The van der Waals surface area contributed by atoms with E-state index < -0.39 is 12.0 Å². The van der Waals surface area contributed by atoms with Crippen LogP contribution in [0.4, 0.5) is 0 Å². The number of carbonyl (C=O) groups is 2. The van der Waals surface area contributed by atoms with Crippen molar-refractivity contribution in [3.8, 4) is 11.4 Å². The first kappa shape index (κ1) is 19.7. The molecule has 26 heavy (non-hydrogen) atoms. The lowest BCUT2D eigenvalue weighted by atomic mass is 10.1. The molecule has 0 radical (unpaired) electrons. The van der Waals surface area contributed by atoms with Gasteiger partial charge in [0, 0.05) is 23.4 Å². The van der Waals surface area contributed by atoms with Gasteiger partial charge in [0.25, 0.3) is 0 Å². The first-order valence-electron chi connectivity index (χ1n) is 8.21. The zero-order valence-electron chi connectivity index (χ0n) is 14.3. The minimum atomic E-state index is -1.05. The summed E-state index contributed by atoms with van der Waals surface area (Å²) in [6, 6.07) is 6.15. The molecule has 1 aromatic heterocycles. The highest BCUT2D eigenvalue weighted by molar-refractivity contribution is 6.30. The highest BCUT2D eigenvalue weighted by atomic mass is 35.5. The van der Waals surface area contributed by atoms with Crippen molar-refractivity contribution in [3.05, 3.63) is 47.3 Å². The summed E-state index contributed by atoms with van der Waals surface area (Å²) in [5.41, 5.74) is 0.787. The number of carbonyl (C=O) groups excluding carboxylic acids is 1. The zero-order valence-corrected chi connectivity index (χ0v) is 15.1. The van der Waals surface area contributed by atoms with Gasteiger partial charge in [-0.2, -0.15) is 4.98 Å². The van der Waals surface area contributed by atoms with E-state index in [1.54, 1.807) is 43.3 Å². The van der Waals surface area contributed by atoms with Crippen LogP contribution in [0.1, 0.15) is 32.1 Å². The quantitative estimate of drug-likeness (QED) is 0.650. The van der Waals surface area contributed by atoms with E-state index in [1.807, 2.05) is 0 Å². The number of carboxylic acids is 1. The molecule has 1 aromatic carbocycles. The summed E-state index contributed by atoms with van der Waals surface area (Å²) in [6.07, 6.45) is 4.79. The van der Waals surface area contributed by atoms with Crippen molar-refractivity contribution < 1.29 is 19.2 Å². The molecule has 138 valence electrons. The Labute approximate surface area is 156 Å². The highest BCUT2D eigenvalue weighted by Crippen LogP contribution is 2.19. The van der Waals surface area contributed by atoms with Gasteiger partial charge in [0.15, 0.2) is 0 Å². The van der Waals surface area contributed by atoms with Crippen molar-refractivity contribution in [2.24, 2.45) is 0 Å². The molecule has 1 heterocycles. The molecule has 1 amide bonds. The Balaban J connectivity index is 1.81. The van der Waals surface area contributed by atoms with Gasteiger partial charge in [0.1, 0.15) is 6.04 Å². The van der Waals surface area contributed by atoms with Crippen molar-refractivity contribution in [2.75, 3.05) is 0 Å². The number of aryl methyl sites for hydroxylation is 1. The maximum atomic E-state index is 11.9. The number of allylic oxidation sites excluding steroid dienone is 1. The van der Waals surface area contributed by atoms with E-state index >= 15 is 0 Å². The molecule has 0 saturated heterocycles. The predicted octanol–water partition coefficient (Wildman–Crippen LogP) is 3.25. The van der Waals surface area contributed by atoms with Crippen LogP contribution in [0.15, 0.2) is 40.9 Å². The average Bonchev–Trinajstić information content (AvgIpc) is 3.08.